The molecule has 114 valence electrons. The molecule has 6 heteroatoms. The first-order valence-electron chi connectivity index (χ1n) is 7.37. The van der Waals surface area contributed by atoms with E-state index in [0.717, 1.165) is 38.3 Å². The van der Waals surface area contributed by atoms with Crippen LogP contribution in [0.4, 0.5) is 8.78 Å². The summed E-state index contributed by atoms with van der Waals surface area (Å²) in [6, 6.07) is 2.80. The third kappa shape index (κ3) is 2.91. The Morgan fingerprint density at radius 1 is 1.38 bits per heavy atom. The Morgan fingerprint density at radius 2 is 2.24 bits per heavy atom. The fourth-order valence-corrected chi connectivity index (χ4v) is 2.96. The molecule has 2 atom stereocenters. The number of hydrogen-bond donors (Lipinski definition) is 2. The van der Waals surface area contributed by atoms with E-state index in [1.54, 1.807) is 6.07 Å². The summed E-state index contributed by atoms with van der Waals surface area (Å²) < 4.78 is 28.5. The predicted octanol–water partition coefficient (Wildman–Crippen LogP) is 2.21. The van der Waals surface area contributed by atoms with Crippen LogP contribution < -0.4 is 5.32 Å². The highest BCUT2D eigenvalue weighted by molar-refractivity contribution is 5.75. The second-order valence-electron chi connectivity index (χ2n) is 5.58. The fourth-order valence-electron chi connectivity index (χ4n) is 2.96. The number of aliphatic hydroxyl groups excluding tert-OH is 1. The van der Waals surface area contributed by atoms with Gasteiger partial charge in [-0.15, -0.1) is 0 Å². The van der Waals surface area contributed by atoms with Crippen molar-refractivity contribution in [2.45, 2.75) is 44.4 Å². The van der Waals surface area contributed by atoms with Gasteiger partial charge in [0.2, 0.25) is 0 Å². The summed E-state index contributed by atoms with van der Waals surface area (Å²) in [5.41, 5.74) is 0.678. The lowest BCUT2D eigenvalue weighted by molar-refractivity contribution is 0.0909. The van der Waals surface area contributed by atoms with E-state index in [0.29, 0.717) is 12.1 Å². The van der Waals surface area contributed by atoms with Gasteiger partial charge in [-0.3, -0.25) is 0 Å². The molecule has 0 unspecified atom stereocenters. The van der Waals surface area contributed by atoms with Crippen molar-refractivity contribution in [1.29, 1.82) is 0 Å². The van der Waals surface area contributed by atoms with Crippen LogP contribution in [0, 0.1) is 11.6 Å². The topological polar surface area (TPSA) is 50.1 Å². The zero-order valence-electron chi connectivity index (χ0n) is 11.7. The Kier molecular flexibility index (Phi) is 4.17. The van der Waals surface area contributed by atoms with E-state index >= 15 is 0 Å². The van der Waals surface area contributed by atoms with Crippen LogP contribution >= 0.6 is 0 Å². The van der Waals surface area contributed by atoms with E-state index in [1.807, 2.05) is 4.57 Å². The maximum Gasteiger partial charge on any atom is 0.186 e. The van der Waals surface area contributed by atoms with Gasteiger partial charge < -0.3 is 15.0 Å². The van der Waals surface area contributed by atoms with Crippen LogP contribution in [0.3, 0.4) is 0 Å². The number of rotatable bonds is 4. The number of piperidine rings is 1. The fraction of sp³-hybridized carbons (Fsp3) is 0.533. The zero-order valence-corrected chi connectivity index (χ0v) is 11.7. The minimum Gasteiger partial charge on any atom is -0.392 e. The van der Waals surface area contributed by atoms with Crippen molar-refractivity contribution in [2.24, 2.45) is 0 Å². The SMILES string of the molecule is O[C@H]1CCCN[C@@H]1CCCn1cnc2c(F)c(F)ccc21. The smallest absolute Gasteiger partial charge is 0.186 e. The van der Waals surface area contributed by atoms with Gasteiger partial charge in [-0.2, -0.15) is 0 Å². The third-order valence-corrected chi connectivity index (χ3v) is 4.15. The van der Waals surface area contributed by atoms with Crippen molar-refractivity contribution >= 4 is 11.0 Å². The molecule has 0 spiro atoms. The highest BCUT2D eigenvalue weighted by Crippen LogP contribution is 2.20. The normalized spacial score (nSPS) is 22.8. The van der Waals surface area contributed by atoms with Gasteiger partial charge in [-0.1, -0.05) is 0 Å². The number of halogens is 2. The van der Waals surface area contributed by atoms with Crippen LogP contribution in [0.1, 0.15) is 25.7 Å². The molecule has 2 aromatic rings. The van der Waals surface area contributed by atoms with E-state index in [-0.39, 0.29) is 17.7 Å². The summed E-state index contributed by atoms with van der Waals surface area (Å²) in [7, 11) is 0. The van der Waals surface area contributed by atoms with Crippen molar-refractivity contribution in [3.05, 3.63) is 30.1 Å². The maximum atomic E-state index is 13.6. The van der Waals surface area contributed by atoms with Gasteiger partial charge >= 0.3 is 0 Å². The average Bonchev–Trinajstić information content (AvgIpc) is 2.89. The molecule has 1 aliphatic rings. The predicted molar refractivity (Wildman–Crippen MR) is 75.9 cm³/mol. The van der Waals surface area contributed by atoms with Crippen LogP contribution in [-0.4, -0.2) is 33.3 Å². The van der Waals surface area contributed by atoms with Crippen molar-refractivity contribution in [3.63, 3.8) is 0 Å². The molecule has 0 bridgehead atoms. The number of imidazole rings is 1. The molecule has 0 radical (unpaired) electrons. The van der Waals surface area contributed by atoms with E-state index < -0.39 is 11.6 Å². The molecule has 2 heterocycles. The first-order chi connectivity index (χ1) is 10.2. The molecule has 2 N–H and O–H groups in total. The molecule has 21 heavy (non-hydrogen) atoms. The van der Waals surface area contributed by atoms with Crippen molar-refractivity contribution in [1.82, 2.24) is 14.9 Å². The first-order valence-corrected chi connectivity index (χ1v) is 7.37. The standard InChI is InChI=1S/C15H19F2N3O/c16-10-5-6-12-15(14(10)17)19-9-20(12)8-2-3-11-13(21)4-1-7-18-11/h5-6,9,11,13,18,21H,1-4,7-8H2/t11-,13+/m1/s1. The molecule has 1 aliphatic heterocycles. The van der Waals surface area contributed by atoms with Gasteiger partial charge in [-0.25, -0.2) is 13.8 Å². The molecule has 3 rings (SSSR count). The second kappa shape index (κ2) is 6.07. The number of aliphatic hydroxyl groups is 1. The Balaban J connectivity index is 1.64. The van der Waals surface area contributed by atoms with E-state index in [4.69, 9.17) is 0 Å². The number of benzene rings is 1. The van der Waals surface area contributed by atoms with Crippen molar-refractivity contribution < 1.29 is 13.9 Å². The molecular formula is C15H19F2N3O. The van der Waals surface area contributed by atoms with Crippen LogP contribution in [-0.2, 0) is 6.54 Å². The number of nitrogens with zero attached hydrogens (tertiary/aromatic N) is 2. The van der Waals surface area contributed by atoms with E-state index in [2.05, 4.69) is 10.3 Å². The molecule has 0 aliphatic carbocycles. The highest BCUT2D eigenvalue weighted by atomic mass is 19.2. The lowest BCUT2D eigenvalue weighted by Gasteiger charge is -2.29. The van der Waals surface area contributed by atoms with Crippen LogP contribution in [0.2, 0.25) is 0 Å². The summed E-state index contributed by atoms with van der Waals surface area (Å²) >= 11 is 0. The third-order valence-electron chi connectivity index (χ3n) is 4.15. The number of nitrogens with one attached hydrogen (secondary N) is 1. The van der Waals surface area contributed by atoms with Gasteiger partial charge in [0.15, 0.2) is 11.6 Å². The van der Waals surface area contributed by atoms with E-state index in [9.17, 15) is 13.9 Å². The van der Waals surface area contributed by atoms with Gasteiger partial charge in [0.1, 0.15) is 5.52 Å². The number of fused-ring (bicyclic) bond motifs is 1. The van der Waals surface area contributed by atoms with Crippen LogP contribution in [0.5, 0.6) is 0 Å². The molecule has 1 aromatic heterocycles. The van der Waals surface area contributed by atoms with Gasteiger partial charge in [-0.05, 0) is 44.4 Å². The number of aryl methyl sites for hydroxylation is 1. The van der Waals surface area contributed by atoms with Gasteiger partial charge in [0.25, 0.3) is 0 Å². The maximum absolute atomic E-state index is 13.6. The average molecular weight is 295 g/mol. The van der Waals surface area contributed by atoms with Crippen molar-refractivity contribution in [2.75, 3.05) is 6.54 Å². The number of hydrogen-bond acceptors (Lipinski definition) is 3. The van der Waals surface area contributed by atoms with Gasteiger partial charge in [0, 0.05) is 12.6 Å². The molecular weight excluding hydrogens is 276 g/mol. The summed E-state index contributed by atoms with van der Waals surface area (Å²) in [6.07, 6.45) is 4.80. The number of aromatic nitrogens is 2. The molecule has 1 fully saturated rings. The highest BCUT2D eigenvalue weighted by Gasteiger charge is 2.21. The first kappa shape index (κ1) is 14.4. The van der Waals surface area contributed by atoms with E-state index in [1.165, 1.54) is 6.33 Å². The minimum absolute atomic E-state index is 0.0748. The Labute approximate surface area is 121 Å². The van der Waals surface area contributed by atoms with Crippen LogP contribution in [0.15, 0.2) is 18.5 Å². The second-order valence-corrected chi connectivity index (χ2v) is 5.58. The van der Waals surface area contributed by atoms with Crippen molar-refractivity contribution in [3.8, 4) is 0 Å². The minimum atomic E-state index is -0.893. The summed E-state index contributed by atoms with van der Waals surface area (Å²) in [5.74, 6) is -1.77. The van der Waals surface area contributed by atoms with Crippen LogP contribution in [0.25, 0.3) is 11.0 Å². The largest absolute Gasteiger partial charge is 0.392 e. The Hall–Kier alpha value is -1.53. The monoisotopic (exact) mass is 295 g/mol. The summed E-state index contributed by atoms with van der Waals surface area (Å²) in [6.45, 7) is 1.62. The summed E-state index contributed by atoms with van der Waals surface area (Å²) in [4.78, 5) is 3.94. The molecule has 1 saturated heterocycles. The Bertz CT molecular complexity index is 629. The quantitative estimate of drug-likeness (QED) is 0.909. The zero-order chi connectivity index (χ0) is 14.8. The summed E-state index contributed by atoms with van der Waals surface area (Å²) in [5, 5.41) is 13.2. The van der Waals surface area contributed by atoms with Gasteiger partial charge in [0.05, 0.1) is 17.9 Å². The Morgan fingerprint density at radius 3 is 3.05 bits per heavy atom. The lowest BCUT2D eigenvalue weighted by Crippen LogP contribution is -2.44. The lowest BCUT2D eigenvalue weighted by atomic mass is 9.97. The molecule has 4 nitrogen and oxygen atoms in total. The molecule has 0 saturated carbocycles. The molecule has 1 aromatic carbocycles. The molecule has 0 amide bonds.